The molecule has 0 aliphatic heterocycles. The molecule has 10 heavy (non-hydrogen) atoms. The molecule has 1 heterocycles. The van der Waals surface area contributed by atoms with Crippen molar-refractivity contribution in [3.8, 4) is 0 Å². The lowest BCUT2D eigenvalue weighted by Gasteiger charge is -1.93. The molecule has 1 aromatic heterocycles. The van der Waals surface area contributed by atoms with Crippen LogP contribution >= 0.6 is 12.6 Å². The normalized spacial score (nSPS) is 10.2. The largest absolute Gasteiger partial charge is 0.348 e. The second kappa shape index (κ2) is 3.66. The quantitative estimate of drug-likeness (QED) is 0.639. The Morgan fingerprint density at radius 2 is 2.50 bits per heavy atom. The van der Waals surface area contributed by atoms with Crippen LogP contribution in [0.3, 0.4) is 0 Å². The molecule has 0 amide bonds. The van der Waals surface area contributed by atoms with Crippen LogP contribution in [-0.2, 0) is 6.42 Å². The number of hydrogen-bond donors (Lipinski definition) is 2. The highest BCUT2D eigenvalue weighted by atomic mass is 32.1. The Hall–Kier alpha value is -0.440. The first-order valence-electron chi connectivity index (χ1n) is 3.44. The highest BCUT2D eigenvalue weighted by Crippen LogP contribution is 2.03. The Balaban J connectivity index is 2.49. The lowest BCUT2D eigenvalue weighted by Crippen LogP contribution is -1.88. The molecule has 0 unspecified atom stereocenters. The maximum Gasteiger partial charge on any atom is 0.0925 e. The molecule has 56 valence electrons. The van der Waals surface area contributed by atoms with Gasteiger partial charge >= 0.3 is 0 Å². The van der Waals surface area contributed by atoms with Crippen molar-refractivity contribution in [1.82, 2.24) is 9.97 Å². The molecule has 0 aromatic carbocycles. The molecule has 1 N–H and O–H groups in total. The maximum atomic E-state index is 4.16. The highest BCUT2D eigenvalue weighted by molar-refractivity contribution is 7.80. The van der Waals surface area contributed by atoms with E-state index in [1.54, 1.807) is 6.33 Å². The zero-order valence-corrected chi connectivity index (χ0v) is 6.99. The summed E-state index contributed by atoms with van der Waals surface area (Å²) in [4.78, 5) is 7.21. The predicted octanol–water partition coefficient (Wildman–Crippen LogP) is 1.58. The van der Waals surface area contributed by atoms with Crippen molar-refractivity contribution >= 4 is 12.6 Å². The zero-order valence-electron chi connectivity index (χ0n) is 6.09. The van der Waals surface area contributed by atoms with Crippen LogP contribution in [0.5, 0.6) is 0 Å². The lowest BCUT2D eigenvalue weighted by atomic mass is 10.2. The van der Waals surface area contributed by atoms with Gasteiger partial charge in [-0.25, -0.2) is 4.98 Å². The van der Waals surface area contributed by atoms with Gasteiger partial charge < -0.3 is 4.98 Å². The summed E-state index contributed by atoms with van der Waals surface area (Å²) in [5.41, 5.74) is 2.36. The SMILES string of the molecule is Cc1[nH]cnc1CCCS. The van der Waals surface area contributed by atoms with Gasteiger partial charge in [-0.2, -0.15) is 12.6 Å². The number of hydrogen-bond acceptors (Lipinski definition) is 2. The van der Waals surface area contributed by atoms with Crippen LogP contribution in [-0.4, -0.2) is 15.7 Å². The monoisotopic (exact) mass is 156 g/mol. The fourth-order valence-electron chi connectivity index (χ4n) is 0.886. The number of rotatable bonds is 3. The molecule has 1 aromatic rings. The van der Waals surface area contributed by atoms with Crippen LogP contribution < -0.4 is 0 Å². The van der Waals surface area contributed by atoms with E-state index in [0.29, 0.717) is 0 Å². The predicted molar refractivity (Wildman–Crippen MR) is 45.5 cm³/mol. The fourth-order valence-corrected chi connectivity index (χ4v) is 1.04. The Labute approximate surface area is 66.5 Å². The molecule has 1 rings (SSSR count). The molecule has 0 radical (unpaired) electrons. The summed E-state index contributed by atoms with van der Waals surface area (Å²) in [5, 5.41) is 0. The van der Waals surface area contributed by atoms with Crippen molar-refractivity contribution in [3.63, 3.8) is 0 Å². The summed E-state index contributed by atoms with van der Waals surface area (Å²) in [7, 11) is 0. The Bertz CT molecular complexity index is 195. The molecule has 0 bridgehead atoms. The minimum atomic E-state index is 0.937. The lowest BCUT2D eigenvalue weighted by molar-refractivity contribution is 0.894. The smallest absolute Gasteiger partial charge is 0.0925 e. The fraction of sp³-hybridized carbons (Fsp3) is 0.571. The van der Waals surface area contributed by atoms with Crippen molar-refractivity contribution in [2.24, 2.45) is 0 Å². The third kappa shape index (κ3) is 1.77. The molecule has 3 heteroatoms. The van der Waals surface area contributed by atoms with Gasteiger partial charge in [0.2, 0.25) is 0 Å². The molecule has 0 saturated carbocycles. The standard InChI is InChI=1S/C7H12N2S/c1-6-7(3-2-4-10)9-5-8-6/h5,10H,2-4H2,1H3,(H,8,9). The molecular formula is C7H12N2S. The summed E-state index contributed by atoms with van der Waals surface area (Å²) >= 11 is 4.13. The van der Waals surface area contributed by atoms with Crippen molar-refractivity contribution < 1.29 is 0 Å². The van der Waals surface area contributed by atoms with Crippen molar-refractivity contribution in [2.45, 2.75) is 19.8 Å². The van der Waals surface area contributed by atoms with Crippen LogP contribution in [0.15, 0.2) is 6.33 Å². The maximum absolute atomic E-state index is 4.16. The summed E-state index contributed by atoms with van der Waals surface area (Å²) in [5.74, 6) is 0.937. The Morgan fingerprint density at radius 3 is 3.00 bits per heavy atom. The molecule has 0 spiro atoms. The number of aromatic amines is 1. The van der Waals surface area contributed by atoms with Gasteiger partial charge in [-0.05, 0) is 25.5 Å². The number of nitrogens with zero attached hydrogens (tertiary/aromatic N) is 1. The van der Waals surface area contributed by atoms with Gasteiger partial charge in [0.05, 0.1) is 12.0 Å². The Morgan fingerprint density at radius 1 is 1.70 bits per heavy atom. The zero-order chi connectivity index (χ0) is 7.40. The van der Waals surface area contributed by atoms with Crippen LogP contribution in [0.1, 0.15) is 17.8 Å². The summed E-state index contributed by atoms with van der Waals surface area (Å²) in [6.07, 6.45) is 3.89. The van der Waals surface area contributed by atoms with E-state index in [-0.39, 0.29) is 0 Å². The first kappa shape index (κ1) is 7.66. The minimum Gasteiger partial charge on any atom is -0.348 e. The number of imidazole rings is 1. The van der Waals surface area contributed by atoms with Gasteiger partial charge in [-0.3, -0.25) is 0 Å². The van der Waals surface area contributed by atoms with Crippen LogP contribution in [0, 0.1) is 6.92 Å². The van der Waals surface area contributed by atoms with E-state index < -0.39 is 0 Å². The van der Waals surface area contributed by atoms with Crippen molar-refractivity contribution in [2.75, 3.05) is 5.75 Å². The highest BCUT2D eigenvalue weighted by Gasteiger charge is 1.97. The second-order valence-corrected chi connectivity index (χ2v) is 2.75. The third-order valence-corrected chi connectivity index (χ3v) is 1.82. The van der Waals surface area contributed by atoms with Gasteiger partial charge in [0.1, 0.15) is 0 Å². The van der Waals surface area contributed by atoms with Crippen LogP contribution in [0.4, 0.5) is 0 Å². The number of thiol groups is 1. The van der Waals surface area contributed by atoms with E-state index in [1.165, 1.54) is 11.4 Å². The molecular weight excluding hydrogens is 144 g/mol. The first-order chi connectivity index (χ1) is 4.84. The topological polar surface area (TPSA) is 28.7 Å². The average molecular weight is 156 g/mol. The van der Waals surface area contributed by atoms with Gasteiger partial charge in [-0.1, -0.05) is 0 Å². The van der Waals surface area contributed by atoms with Crippen LogP contribution in [0.2, 0.25) is 0 Å². The average Bonchev–Trinajstić information content (AvgIpc) is 2.31. The van der Waals surface area contributed by atoms with E-state index >= 15 is 0 Å². The van der Waals surface area contributed by atoms with E-state index in [0.717, 1.165) is 18.6 Å². The van der Waals surface area contributed by atoms with Crippen LogP contribution in [0.25, 0.3) is 0 Å². The Kier molecular flexibility index (Phi) is 2.81. The molecule has 0 atom stereocenters. The number of H-pyrrole nitrogens is 1. The van der Waals surface area contributed by atoms with Gasteiger partial charge in [0.25, 0.3) is 0 Å². The minimum absolute atomic E-state index is 0.937. The number of nitrogens with one attached hydrogen (secondary N) is 1. The first-order valence-corrected chi connectivity index (χ1v) is 4.07. The van der Waals surface area contributed by atoms with E-state index in [2.05, 4.69) is 22.6 Å². The molecule has 2 nitrogen and oxygen atoms in total. The van der Waals surface area contributed by atoms with Gasteiger partial charge in [0, 0.05) is 5.69 Å². The molecule has 0 saturated heterocycles. The summed E-state index contributed by atoms with van der Waals surface area (Å²) in [6.45, 7) is 2.04. The molecule has 0 fully saturated rings. The van der Waals surface area contributed by atoms with E-state index in [4.69, 9.17) is 0 Å². The number of aromatic nitrogens is 2. The molecule has 0 aliphatic rings. The van der Waals surface area contributed by atoms with Gasteiger partial charge in [-0.15, -0.1) is 0 Å². The van der Waals surface area contributed by atoms with E-state index in [1.807, 2.05) is 6.92 Å². The van der Waals surface area contributed by atoms with E-state index in [9.17, 15) is 0 Å². The van der Waals surface area contributed by atoms with Crippen molar-refractivity contribution in [3.05, 3.63) is 17.7 Å². The second-order valence-electron chi connectivity index (χ2n) is 2.30. The summed E-state index contributed by atoms with van der Waals surface area (Å²) in [6, 6.07) is 0. The molecule has 0 aliphatic carbocycles. The number of aryl methyl sites for hydroxylation is 2. The van der Waals surface area contributed by atoms with Crippen molar-refractivity contribution in [1.29, 1.82) is 0 Å². The summed E-state index contributed by atoms with van der Waals surface area (Å²) < 4.78 is 0. The third-order valence-electron chi connectivity index (χ3n) is 1.51. The van der Waals surface area contributed by atoms with Gasteiger partial charge in [0.15, 0.2) is 0 Å².